The summed E-state index contributed by atoms with van der Waals surface area (Å²) >= 11 is 3.46. The second-order valence-electron chi connectivity index (χ2n) is 3.90. The van der Waals surface area contributed by atoms with E-state index in [1.807, 2.05) is 30.6 Å². The van der Waals surface area contributed by atoms with Gasteiger partial charge >= 0.3 is 0 Å². The molecular weight excluding hydrogens is 280 g/mol. The molecule has 17 heavy (non-hydrogen) atoms. The molecule has 0 spiro atoms. The van der Waals surface area contributed by atoms with Gasteiger partial charge in [-0.2, -0.15) is 0 Å². The number of imidazole rings is 1. The number of rotatable bonds is 4. The van der Waals surface area contributed by atoms with Gasteiger partial charge in [-0.25, -0.2) is 4.98 Å². The summed E-state index contributed by atoms with van der Waals surface area (Å²) in [6.45, 7) is 2.19. The van der Waals surface area contributed by atoms with Crippen molar-refractivity contribution in [3.8, 4) is 5.69 Å². The highest BCUT2D eigenvalue weighted by molar-refractivity contribution is 9.10. The van der Waals surface area contributed by atoms with Gasteiger partial charge in [0.15, 0.2) is 0 Å². The van der Waals surface area contributed by atoms with Crippen LogP contribution < -0.4 is 0 Å². The predicted molar refractivity (Wildman–Crippen MR) is 71.2 cm³/mol. The minimum Gasteiger partial charge on any atom is -0.392 e. The first kappa shape index (κ1) is 12.3. The molecule has 2 rings (SSSR count). The Morgan fingerprint density at radius 2 is 2.24 bits per heavy atom. The van der Waals surface area contributed by atoms with Crippen molar-refractivity contribution in [2.24, 2.45) is 0 Å². The Kier molecular flexibility index (Phi) is 3.97. The van der Waals surface area contributed by atoms with Gasteiger partial charge in [0.25, 0.3) is 0 Å². The van der Waals surface area contributed by atoms with Crippen LogP contribution in [-0.4, -0.2) is 14.7 Å². The van der Waals surface area contributed by atoms with Crippen molar-refractivity contribution in [1.82, 2.24) is 9.55 Å². The van der Waals surface area contributed by atoms with Gasteiger partial charge in [-0.05, 0) is 24.1 Å². The summed E-state index contributed by atoms with van der Waals surface area (Å²) in [7, 11) is 0. The van der Waals surface area contributed by atoms with Gasteiger partial charge in [0.05, 0.1) is 6.61 Å². The minimum atomic E-state index is 0.0482. The molecule has 0 aliphatic heterocycles. The molecule has 0 bridgehead atoms. The van der Waals surface area contributed by atoms with Crippen LogP contribution in [0.3, 0.4) is 0 Å². The molecule has 0 atom stereocenters. The van der Waals surface area contributed by atoms with Gasteiger partial charge in [-0.3, -0.25) is 0 Å². The summed E-state index contributed by atoms with van der Waals surface area (Å²) in [6.07, 6.45) is 5.82. The van der Waals surface area contributed by atoms with Crippen LogP contribution in [0.25, 0.3) is 5.69 Å². The third kappa shape index (κ3) is 2.58. The molecule has 2 aromatic rings. The number of halogens is 1. The van der Waals surface area contributed by atoms with Crippen molar-refractivity contribution >= 4 is 15.9 Å². The minimum absolute atomic E-state index is 0.0482. The molecule has 3 nitrogen and oxygen atoms in total. The molecule has 0 fully saturated rings. The third-order valence-electron chi connectivity index (χ3n) is 2.68. The maximum Gasteiger partial charge on any atom is 0.113 e. The highest BCUT2D eigenvalue weighted by Gasteiger charge is 2.06. The lowest BCUT2D eigenvalue weighted by molar-refractivity contribution is 0.281. The standard InChI is InChI=1S/C13H15BrN2O/c1-2-3-13-15-6-7-16(13)11-5-4-10(9-17)12(14)8-11/h4-8,17H,2-3,9H2,1H3. The van der Waals surface area contributed by atoms with E-state index in [1.54, 1.807) is 0 Å². The molecule has 0 aliphatic rings. The number of benzene rings is 1. The summed E-state index contributed by atoms with van der Waals surface area (Å²) < 4.78 is 3.00. The number of aliphatic hydroxyl groups is 1. The van der Waals surface area contributed by atoms with Crippen molar-refractivity contribution in [3.05, 3.63) is 46.5 Å². The van der Waals surface area contributed by atoms with Crippen LogP contribution in [0.4, 0.5) is 0 Å². The van der Waals surface area contributed by atoms with Gasteiger partial charge in [-0.1, -0.05) is 28.9 Å². The number of aliphatic hydroxyl groups excluding tert-OH is 1. The van der Waals surface area contributed by atoms with Gasteiger partial charge in [0.2, 0.25) is 0 Å². The fourth-order valence-corrected chi connectivity index (χ4v) is 2.28. The van der Waals surface area contributed by atoms with E-state index in [4.69, 9.17) is 5.11 Å². The lowest BCUT2D eigenvalue weighted by Crippen LogP contribution is -2.00. The molecule has 0 saturated heterocycles. The summed E-state index contributed by atoms with van der Waals surface area (Å²) in [4.78, 5) is 4.35. The molecule has 0 amide bonds. The molecule has 1 aromatic carbocycles. The summed E-state index contributed by atoms with van der Waals surface area (Å²) in [6, 6.07) is 5.93. The molecular formula is C13H15BrN2O. The van der Waals surface area contributed by atoms with Crippen LogP contribution in [0.1, 0.15) is 24.7 Å². The van der Waals surface area contributed by atoms with E-state index in [-0.39, 0.29) is 6.61 Å². The van der Waals surface area contributed by atoms with E-state index in [0.717, 1.165) is 34.4 Å². The number of hydrogen-bond acceptors (Lipinski definition) is 2. The molecule has 0 saturated carbocycles. The van der Waals surface area contributed by atoms with Crippen LogP contribution in [0.5, 0.6) is 0 Å². The number of aromatic nitrogens is 2. The van der Waals surface area contributed by atoms with Crippen molar-refractivity contribution in [1.29, 1.82) is 0 Å². The number of nitrogens with zero attached hydrogens (tertiary/aromatic N) is 2. The summed E-state index contributed by atoms with van der Waals surface area (Å²) in [5.41, 5.74) is 1.96. The average molecular weight is 295 g/mol. The molecule has 0 aliphatic carbocycles. The molecule has 4 heteroatoms. The SMILES string of the molecule is CCCc1nccn1-c1ccc(CO)c(Br)c1. The number of hydrogen-bond donors (Lipinski definition) is 1. The quantitative estimate of drug-likeness (QED) is 0.941. The fraction of sp³-hybridized carbons (Fsp3) is 0.308. The normalized spacial score (nSPS) is 10.8. The zero-order chi connectivity index (χ0) is 12.3. The first-order chi connectivity index (χ1) is 8.26. The van der Waals surface area contributed by atoms with Gasteiger partial charge in [-0.15, -0.1) is 0 Å². The lowest BCUT2D eigenvalue weighted by Gasteiger charge is -2.09. The highest BCUT2D eigenvalue weighted by atomic mass is 79.9. The van der Waals surface area contributed by atoms with Gasteiger partial charge < -0.3 is 9.67 Å². The van der Waals surface area contributed by atoms with Gasteiger partial charge in [0.1, 0.15) is 5.82 Å². The highest BCUT2D eigenvalue weighted by Crippen LogP contribution is 2.22. The van der Waals surface area contributed by atoms with Crippen molar-refractivity contribution in [3.63, 3.8) is 0 Å². The largest absolute Gasteiger partial charge is 0.392 e. The Hall–Kier alpha value is -1.13. The smallest absolute Gasteiger partial charge is 0.113 e. The lowest BCUT2D eigenvalue weighted by atomic mass is 10.2. The van der Waals surface area contributed by atoms with Crippen molar-refractivity contribution in [2.75, 3.05) is 0 Å². The average Bonchev–Trinajstić information content (AvgIpc) is 2.78. The first-order valence-electron chi connectivity index (χ1n) is 5.68. The zero-order valence-electron chi connectivity index (χ0n) is 9.73. The Labute approximate surface area is 109 Å². The van der Waals surface area contributed by atoms with Gasteiger partial charge in [0, 0.05) is 29.0 Å². The molecule has 0 radical (unpaired) electrons. The summed E-state index contributed by atoms with van der Waals surface area (Å²) in [5, 5.41) is 9.13. The van der Waals surface area contributed by atoms with Crippen LogP contribution in [-0.2, 0) is 13.0 Å². The summed E-state index contributed by atoms with van der Waals surface area (Å²) in [5.74, 6) is 1.07. The van der Waals surface area contributed by atoms with Crippen LogP contribution in [0, 0.1) is 0 Å². The zero-order valence-corrected chi connectivity index (χ0v) is 11.3. The van der Waals surface area contributed by atoms with E-state index in [1.165, 1.54) is 0 Å². The monoisotopic (exact) mass is 294 g/mol. The van der Waals surface area contributed by atoms with E-state index in [0.29, 0.717) is 0 Å². The second kappa shape index (κ2) is 5.47. The third-order valence-corrected chi connectivity index (χ3v) is 3.41. The molecule has 1 aromatic heterocycles. The molecule has 1 heterocycles. The molecule has 1 N–H and O–H groups in total. The maximum absolute atomic E-state index is 9.13. The van der Waals surface area contributed by atoms with Crippen LogP contribution in [0.15, 0.2) is 35.1 Å². The van der Waals surface area contributed by atoms with Crippen molar-refractivity contribution in [2.45, 2.75) is 26.4 Å². The molecule has 0 unspecified atom stereocenters. The Balaban J connectivity index is 2.39. The van der Waals surface area contributed by atoms with E-state index in [9.17, 15) is 0 Å². The Bertz CT molecular complexity index is 508. The van der Waals surface area contributed by atoms with E-state index < -0.39 is 0 Å². The maximum atomic E-state index is 9.13. The van der Waals surface area contributed by atoms with Crippen molar-refractivity contribution < 1.29 is 5.11 Å². The fourth-order valence-electron chi connectivity index (χ4n) is 1.79. The van der Waals surface area contributed by atoms with Crippen LogP contribution in [0.2, 0.25) is 0 Å². The topological polar surface area (TPSA) is 38.0 Å². The first-order valence-corrected chi connectivity index (χ1v) is 6.47. The Morgan fingerprint density at radius 3 is 2.88 bits per heavy atom. The number of aryl methyl sites for hydroxylation is 1. The molecule has 90 valence electrons. The van der Waals surface area contributed by atoms with E-state index >= 15 is 0 Å². The van der Waals surface area contributed by atoms with E-state index in [2.05, 4.69) is 32.4 Å². The van der Waals surface area contributed by atoms with Crippen LogP contribution >= 0.6 is 15.9 Å². The predicted octanol–water partition coefficient (Wildman–Crippen LogP) is 3.08. The second-order valence-corrected chi connectivity index (χ2v) is 4.75. The Morgan fingerprint density at radius 1 is 1.41 bits per heavy atom.